The molecule has 0 aliphatic carbocycles. The maximum absolute atomic E-state index is 13.2. The number of halogens is 1. The van der Waals surface area contributed by atoms with Crippen molar-refractivity contribution in [3.05, 3.63) is 35.6 Å². The topological polar surface area (TPSA) is 75.7 Å². The molecule has 0 unspecified atom stereocenters. The van der Waals surface area contributed by atoms with E-state index < -0.39 is 5.54 Å². The maximum Gasteiger partial charge on any atom is 0.307 e. The van der Waals surface area contributed by atoms with E-state index in [1.807, 2.05) is 4.90 Å². The molecule has 7 heteroatoms. The first-order chi connectivity index (χ1) is 14.4. The Hall–Kier alpha value is -2.44. The minimum atomic E-state index is -0.489. The van der Waals surface area contributed by atoms with Crippen LogP contribution in [0.25, 0.3) is 0 Å². The Kier molecular flexibility index (Phi) is 7.45. The SMILES string of the molecule is CCOC(=O)C[C@H]1CCCCN1C(=O)CC[C@@]1(Cc2ccc(F)cc2)CCC(=O)N1. The molecule has 164 valence electrons. The van der Waals surface area contributed by atoms with Gasteiger partial charge in [0, 0.05) is 31.0 Å². The fourth-order valence-corrected chi connectivity index (χ4v) is 4.62. The lowest BCUT2D eigenvalue weighted by Gasteiger charge is -2.36. The van der Waals surface area contributed by atoms with Crippen LogP contribution in [0.1, 0.15) is 63.9 Å². The molecule has 0 spiro atoms. The summed E-state index contributed by atoms with van der Waals surface area (Å²) in [5, 5.41) is 3.07. The number of ether oxygens (including phenoxy) is 1. The fourth-order valence-electron chi connectivity index (χ4n) is 4.62. The Morgan fingerprint density at radius 2 is 2.03 bits per heavy atom. The van der Waals surface area contributed by atoms with E-state index in [4.69, 9.17) is 4.74 Å². The highest BCUT2D eigenvalue weighted by molar-refractivity contribution is 5.81. The predicted molar refractivity (Wildman–Crippen MR) is 110 cm³/mol. The second-order valence-corrected chi connectivity index (χ2v) is 8.38. The number of rotatable bonds is 8. The van der Waals surface area contributed by atoms with Gasteiger partial charge in [0.1, 0.15) is 5.82 Å². The highest BCUT2D eigenvalue weighted by Gasteiger charge is 2.39. The van der Waals surface area contributed by atoms with Crippen LogP contribution in [-0.2, 0) is 25.5 Å². The summed E-state index contributed by atoms with van der Waals surface area (Å²) in [6, 6.07) is 6.17. The number of nitrogens with zero attached hydrogens (tertiary/aromatic N) is 1. The molecule has 2 saturated heterocycles. The predicted octanol–water partition coefficient (Wildman–Crippen LogP) is 3.13. The summed E-state index contributed by atoms with van der Waals surface area (Å²) >= 11 is 0. The number of carbonyl (C=O) groups is 3. The molecule has 2 heterocycles. The van der Waals surface area contributed by atoms with Gasteiger partial charge in [-0.1, -0.05) is 12.1 Å². The zero-order valence-electron chi connectivity index (χ0n) is 17.6. The third-order valence-corrected chi connectivity index (χ3v) is 6.16. The maximum atomic E-state index is 13.2. The fraction of sp³-hybridized carbons (Fsp3) is 0.609. The summed E-state index contributed by atoms with van der Waals surface area (Å²) < 4.78 is 18.3. The van der Waals surface area contributed by atoms with Gasteiger partial charge in [0.15, 0.2) is 0 Å². The number of nitrogens with one attached hydrogen (secondary N) is 1. The van der Waals surface area contributed by atoms with E-state index in [0.29, 0.717) is 45.3 Å². The minimum absolute atomic E-state index is 0.0114. The van der Waals surface area contributed by atoms with Gasteiger partial charge in [-0.25, -0.2) is 4.39 Å². The van der Waals surface area contributed by atoms with Gasteiger partial charge in [-0.2, -0.15) is 0 Å². The quantitative estimate of drug-likeness (QED) is 0.658. The summed E-state index contributed by atoms with van der Waals surface area (Å²) in [7, 11) is 0. The first kappa shape index (κ1) is 22.2. The number of benzene rings is 1. The molecule has 30 heavy (non-hydrogen) atoms. The highest BCUT2D eigenvalue weighted by Crippen LogP contribution is 2.31. The van der Waals surface area contributed by atoms with Crippen LogP contribution in [0.15, 0.2) is 24.3 Å². The van der Waals surface area contributed by atoms with Crippen LogP contribution >= 0.6 is 0 Å². The van der Waals surface area contributed by atoms with Gasteiger partial charge in [-0.05, 0) is 63.1 Å². The molecule has 0 aromatic heterocycles. The first-order valence-corrected chi connectivity index (χ1v) is 10.9. The van der Waals surface area contributed by atoms with Crippen molar-refractivity contribution in [2.45, 2.75) is 76.3 Å². The van der Waals surface area contributed by atoms with Gasteiger partial charge < -0.3 is 15.0 Å². The molecule has 2 aliphatic rings. The van der Waals surface area contributed by atoms with E-state index in [0.717, 1.165) is 24.8 Å². The Labute approximate surface area is 177 Å². The van der Waals surface area contributed by atoms with Crippen LogP contribution in [0.2, 0.25) is 0 Å². The van der Waals surface area contributed by atoms with Crippen molar-refractivity contribution >= 4 is 17.8 Å². The van der Waals surface area contributed by atoms with Crippen molar-refractivity contribution in [3.63, 3.8) is 0 Å². The smallest absolute Gasteiger partial charge is 0.307 e. The summed E-state index contributed by atoms with van der Waals surface area (Å²) in [4.78, 5) is 38.8. The van der Waals surface area contributed by atoms with E-state index in [1.54, 1.807) is 19.1 Å². The molecule has 2 amide bonds. The van der Waals surface area contributed by atoms with Crippen molar-refractivity contribution in [3.8, 4) is 0 Å². The van der Waals surface area contributed by atoms with E-state index in [2.05, 4.69) is 5.32 Å². The van der Waals surface area contributed by atoms with E-state index in [9.17, 15) is 18.8 Å². The highest BCUT2D eigenvalue weighted by atomic mass is 19.1. The van der Waals surface area contributed by atoms with Crippen molar-refractivity contribution in [1.29, 1.82) is 0 Å². The van der Waals surface area contributed by atoms with Gasteiger partial charge in [-0.15, -0.1) is 0 Å². The first-order valence-electron chi connectivity index (χ1n) is 10.9. The average molecular weight is 419 g/mol. The number of likely N-dealkylation sites (tertiary alicyclic amines) is 1. The summed E-state index contributed by atoms with van der Waals surface area (Å²) in [6.07, 6.45) is 5.46. The Balaban J connectivity index is 1.63. The summed E-state index contributed by atoms with van der Waals surface area (Å²) in [5.74, 6) is -0.555. The Bertz CT molecular complexity index is 767. The molecule has 2 atom stereocenters. The molecule has 1 aromatic carbocycles. The molecule has 3 rings (SSSR count). The van der Waals surface area contributed by atoms with Crippen molar-refractivity contribution in [2.24, 2.45) is 0 Å². The van der Waals surface area contributed by atoms with Crippen molar-refractivity contribution in [2.75, 3.05) is 13.2 Å². The number of hydrogen-bond donors (Lipinski definition) is 1. The third kappa shape index (κ3) is 5.80. The van der Waals surface area contributed by atoms with Crippen LogP contribution in [0, 0.1) is 5.82 Å². The van der Waals surface area contributed by atoms with Crippen LogP contribution in [0.5, 0.6) is 0 Å². The molecule has 2 aliphatic heterocycles. The lowest BCUT2D eigenvalue weighted by atomic mass is 9.84. The number of hydrogen-bond acceptors (Lipinski definition) is 4. The van der Waals surface area contributed by atoms with Gasteiger partial charge in [0.2, 0.25) is 11.8 Å². The molecular weight excluding hydrogens is 387 g/mol. The molecule has 6 nitrogen and oxygen atoms in total. The summed E-state index contributed by atoms with van der Waals surface area (Å²) in [6.45, 7) is 2.77. The van der Waals surface area contributed by atoms with E-state index in [-0.39, 0.29) is 36.1 Å². The zero-order valence-corrected chi connectivity index (χ0v) is 17.6. The number of amides is 2. The standard InChI is InChI=1S/C23H31FN2O4/c1-2-30-22(29)15-19-5-3-4-14-26(19)21(28)11-13-23(12-10-20(27)25-23)16-17-6-8-18(24)9-7-17/h6-9,19H,2-5,10-16H2,1H3,(H,25,27)/t19-,23-/m1/s1. The Morgan fingerprint density at radius 1 is 1.27 bits per heavy atom. The number of carbonyl (C=O) groups excluding carboxylic acids is 3. The molecule has 1 aromatic rings. The van der Waals surface area contributed by atoms with Gasteiger partial charge in [0.05, 0.1) is 13.0 Å². The van der Waals surface area contributed by atoms with Crippen molar-refractivity contribution < 1.29 is 23.5 Å². The molecule has 0 saturated carbocycles. The molecular formula is C23H31FN2O4. The number of esters is 1. The second-order valence-electron chi connectivity index (χ2n) is 8.38. The average Bonchev–Trinajstić information content (AvgIpc) is 3.09. The molecule has 0 radical (unpaired) electrons. The molecule has 1 N–H and O–H groups in total. The zero-order chi connectivity index (χ0) is 21.6. The lowest BCUT2D eigenvalue weighted by molar-refractivity contribution is -0.146. The monoisotopic (exact) mass is 418 g/mol. The third-order valence-electron chi connectivity index (χ3n) is 6.16. The van der Waals surface area contributed by atoms with Crippen LogP contribution in [-0.4, -0.2) is 47.4 Å². The Morgan fingerprint density at radius 3 is 2.70 bits per heavy atom. The van der Waals surface area contributed by atoms with Crippen molar-refractivity contribution in [1.82, 2.24) is 10.2 Å². The normalized spacial score (nSPS) is 23.9. The summed E-state index contributed by atoms with van der Waals surface area (Å²) in [5.41, 5.74) is 0.445. The second kappa shape index (κ2) is 10.0. The number of piperidine rings is 1. The lowest BCUT2D eigenvalue weighted by Crippen LogP contribution is -2.47. The molecule has 2 fully saturated rings. The van der Waals surface area contributed by atoms with Gasteiger partial charge >= 0.3 is 5.97 Å². The van der Waals surface area contributed by atoms with Crippen LogP contribution < -0.4 is 5.32 Å². The molecule has 0 bridgehead atoms. The van der Waals surface area contributed by atoms with E-state index >= 15 is 0 Å². The van der Waals surface area contributed by atoms with Crippen LogP contribution in [0.3, 0.4) is 0 Å². The minimum Gasteiger partial charge on any atom is -0.466 e. The van der Waals surface area contributed by atoms with Gasteiger partial charge in [-0.3, -0.25) is 14.4 Å². The van der Waals surface area contributed by atoms with Gasteiger partial charge in [0.25, 0.3) is 0 Å². The van der Waals surface area contributed by atoms with E-state index in [1.165, 1.54) is 12.1 Å². The largest absolute Gasteiger partial charge is 0.466 e. The van der Waals surface area contributed by atoms with Crippen LogP contribution in [0.4, 0.5) is 4.39 Å².